The molecule has 0 saturated carbocycles. The zero-order valence-electron chi connectivity index (χ0n) is 31.9. The van der Waals surface area contributed by atoms with E-state index < -0.39 is 0 Å². The summed E-state index contributed by atoms with van der Waals surface area (Å²) in [4.78, 5) is 11.2. The molecule has 0 radical (unpaired) electrons. The van der Waals surface area contributed by atoms with Crippen LogP contribution in [0.2, 0.25) is 0 Å². The Kier molecular flexibility index (Phi) is 5.74. The van der Waals surface area contributed by atoms with Gasteiger partial charge in [0.15, 0.2) is 0 Å². The standard InChI is InChI=1S/C54H29N5S/c1-2-12-32(13-3-1)57-40-18-10-19-41-48(40)49-42(57)26-27-43-50(49)51-44(25-23-36-34-15-6-8-17-39(34)58(41)53(36)51)59(43)54-55-38-24-21-30-11-4-5-14-33(30)47(38)52(56-54)31-22-28-46-37(29-31)35-16-7-9-20-45(35)60-46/h1-29H. The van der Waals surface area contributed by atoms with Crippen molar-refractivity contribution in [2.45, 2.75) is 0 Å². The van der Waals surface area contributed by atoms with Crippen molar-refractivity contribution in [1.29, 1.82) is 0 Å². The second kappa shape index (κ2) is 11.0. The smallest absolute Gasteiger partial charge is 0.235 e. The number of aromatic nitrogens is 5. The zero-order chi connectivity index (χ0) is 38.8. The van der Waals surface area contributed by atoms with Crippen LogP contribution in [0.25, 0.3) is 136 Å². The fraction of sp³-hybridized carbons (Fsp3) is 0. The monoisotopic (exact) mass is 779 g/mol. The largest absolute Gasteiger partial charge is 0.309 e. The summed E-state index contributed by atoms with van der Waals surface area (Å²) in [6, 6.07) is 64.2. The highest BCUT2D eigenvalue weighted by Gasteiger charge is 2.28. The van der Waals surface area contributed by atoms with Crippen LogP contribution in [0, 0.1) is 0 Å². The second-order valence-corrected chi connectivity index (χ2v) is 17.2. The van der Waals surface area contributed by atoms with Crippen molar-refractivity contribution in [3.63, 3.8) is 0 Å². The Morgan fingerprint density at radius 1 is 0.383 bits per heavy atom. The van der Waals surface area contributed by atoms with Crippen LogP contribution >= 0.6 is 11.3 Å². The molecule has 0 bridgehead atoms. The Hall–Kier alpha value is -7.80. The number of hydrogen-bond acceptors (Lipinski definition) is 3. The van der Waals surface area contributed by atoms with Crippen LogP contribution in [0.3, 0.4) is 0 Å². The van der Waals surface area contributed by atoms with Crippen molar-refractivity contribution >= 4 is 124 Å². The molecule has 6 aromatic heterocycles. The van der Waals surface area contributed by atoms with Gasteiger partial charge in [-0.1, -0.05) is 103 Å². The van der Waals surface area contributed by atoms with E-state index >= 15 is 0 Å². The molecule has 0 aliphatic carbocycles. The summed E-state index contributed by atoms with van der Waals surface area (Å²) in [6.45, 7) is 0. The molecule has 0 fully saturated rings. The second-order valence-electron chi connectivity index (χ2n) is 16.1. The van der Waals surface area contributed by atoms with Gasteiger partial charge in [0.05, 0.1) is 49.8 Å². The lowest BCUT2D eigenvalue weighted by molar-refractivity contribution is 1.01. The van der Waals surface area contributed by atoms with Crippen molar-refractivity contribution in [2.75, 3.05) is 0 Å². The molecule has 15 rings (SSSR count). The van der Waals surface area contributed by atoms with E-state index in [1.54, 1.807) is 0 Å². The molecule has 0 unspecified atom stereocenters. The molecular weight excluding hydrogens is 751 g/mol. The average Bonchev–Trinajstić information content (AvgIpc) is 4.02. The van der Waals surface area contributed by atoms with Crippen LogP contribution in [-0.2, 0) is 0 Å². The average molecular weight is 780 g/mol. The molecule has 0 saturated heterocycles. The minimum absolute atomic E-state index is 0.664. The lowest BCUT2D eigenvalue weighted by Gasteiger charge is -2.14. The van der Waals surface area contributed by atoms with E-state index in [9.17, 15) is 0 Å². The van der Waals surface area contributed by atoms with Crippen LogP contribution in [-0.4, -0.2) is 23.5 Å². The minimum atomic E-state index is 0.664. The highest BCUT2D eigenvalue weighted by Crippen LogP contribution is 2.49. The first-order valence-electron chi connectivity index (χ1n) is 20.4. The first kappa shape index (κ1) is 31.2. The van der Waals surface area contributed by atoms with E-state index in [0.717, 1.165) is 44.3 Å². The predicted octanol–water partition coefficient (Wildman–Crippen LogP) is 14.4. The maximum atomic E-state index is 5.71. The molecule has 5 nitrogen and oxygen atoms in total. The maximum Gasteiger partial charge on any atom is 0.235 e. The van der Waals surface area contributed by atoms with Gasteiger partial charge >= 0.3 is 0 Å². The van der Waals surface area contributed by atoms with Crippen molar-refractivity contribution in [2.24, 2.45) is 0 Å². The Bertz CT molecular complexity index is 4300. The van der Waals surface area contributed by atoms with E-state index in [0.29, 0.717) is 5.95 Å². The van der Waals surface area contributed by atoms with Crippen LogP contribution in [0.5, 0.6) is 0 Å². The Labute approximate surface area is 344 Å². The highest BCUT2D eigenvalue weighted by atomic mass is 32.1. The fourth-order valence-corrected chi connectivity index (χ4v) is 11.8. The van der Waals surface area contributed by atoms with Gasteiger partial charge in [-0.2, -0.15) is 0 Å². The molecule has 9 aromatic carbocycles. The van der Waals surface area contributed by atoms with Crippen LogP contribution in [0.15, 0.2) is 176 Å². The summed E-state index contributed by atoms with van der Waals surface area (Å²) >= 11 is 1.84. The molecule has 6 heterocycles. The molecule has 276 valence electrons. The molecule has 0 aliphatic rings. The fourth-order valence-electron chi connectivity index (χ4n) is 10.7. The van der Waals surface area contributed by atoms with Crippen LogP contribution in [0.1, 0.15) is 0 Å². The molecule has 6 heteroatoms. The molecule has 0 atom stereocenters. The quantitative estimate of drug-likeness (QED) is 0.168. The minimum Gasteiger partial charge on any atom is -0.309 e. The summed E-state index contributed by atoms with van der Waals surface area (Å²) < 4.78 is 9.86. The van der Waals surface area contributed by atoms with Crippen molar-refractivity contribution in [1.82, 2.24) is 23.5 Å². The van der Waals surface area contributed by atoms with Gasteiger partial charge in [0.2, 0.25) is 5.95 Å². The van der Waals surface area contributed by atoms with Gasteiger partial charge < -0.3 is 8.97 Å². The number of benzene rings is 9. The first-order valence-corrected chi connectivity index (χ1v) is 21.2. The topological polar surface area (TPSA) is 40.0 Å². The SMILES string of the molecule is c1ccc(-n2c3ccc4c5c3c3c2cccc3n2c3ccccc3c3ccc(c5c32)n4-c2nc(-c3ccc4sc5ccccc5c4c3)c3c(ccc4ccccc43)n2)cc1. The van der Waals surface area contributed by atoms with E-state index in [1.165, 1.54) is 85.5 Å². The lowest BCUT2D eigenvalue weighted by atomic mass is 9.99. The number of nitrogens with zero attached hydrogens (tertiary/aromatic N) is 5. The molecule has 60 heavy (non-hydrogen) atoms. The Morgan fingerprint density at radius 2 is 1.07 bits per heavy atom. The number of fused-ring (bicyclic) bond motifs is 10. The van der Waals surface area contributed by atoms with E-state index in [2.05, 4.69) is 189 Å². The third kappa shape index (κ3) is 3.78. The Balaban J connectivity index is 1.14. The van der Waals surface area contributed by atoms with Gasteiger partial charge in [-0.15, -0.1) is 11.3 Å². The van der Waals surface area contributed by atoms with E-state index in [4.69, 9.17) is 9.97 Å². The number of thiophene rings is 1. The van der Waals surface area contributed by atoms with Crippen molar-refractivity contribution in [3.8, 4) is 22.9 Å². The van der Waals surface area contributed by atoms with Gasteiger partial charge in [-0.05, 0) is 83.6 Å². The molecule has 15 aromatic rings. The number of para-hydroxylation sites is 2. The molecular formula is C54H29N5S. The Morgan fingerprint density at radius 3 is 1.98 bits per heavy atom. The summed E-state index contributed by atoms with van der Waals surface area (Å²) in [5, 5.41) is 13.4. The highest BCUT2D eigenvalue weighted by molar-refractivity contribution is 7.25. The lowest BCUT2D eigenvalue weighted by Crippen LogP contribution is -2.04. The zero-order valence-corrected chi connectivity index (χ0v) is 32.7. The molecule has 0 spiro atoms. The van der Waals surface area contributed by atoms with Gasteiger partial charge in [0, 0.05) is 69.1 Å². The first-order chi connectivity index (χ1) is 29.8. The predicted molar refractivity (Wildman–Crippen MR) is 252 cm³/mol. The normalized spacial score (nSPS) is 12.7. The third-order valence-corrected chi connectivity index (χ3v) is 14.3. The van der Waals surface area contributed by atoms with Crippen LogP contribution in [0.4, 0.5) is 0 Å². The summed E-state index contributed by atoms with van der Waals surface area (Å²) in [5.74, 6) is 0.664. The van der Waals surface area contributed by atoms with E-state index in [-0.39, 0.29) is 0 Å². The molecule has 0 aliphatic heterocycles. The van der Waals surface area contributed by atoms with E-state index in [1.807, 2.05) is 11.3 Å². The summed E-state index contributed by atoms with van der Waals surface area (Å²) in [7, 11) is 0. The van der Waals surface area contributed by atoms with Gasteiger partial charge in [0.1, 0.15) is 0 Å². The maximum absolute atomic E-state index is 5.71. The summed E-state index contributed by atoms with van der Waals surface area (Å²) in [5.41, 5.74) is 12.3. The van der Waals surface area contributed by atoms with Gasteiger partial charge in [-0.25, -0.2) is 9.97 Å². The van der Waals surface area contributed by atoms with Gasteiger partial charge in [0.25, 0.3) is 0 Å². The molecule has 0 amide bonds. The number of rotatable bonds is 3. The van der Waals surface area contributed by atoms with Crippen LogP contribution < -0.4 is 0 Å². The van der Waals surface area contributed by atoms with Crippen molar-refractivity contribution < 1.29 is 0 Å². The van der Waals surface area contributed by atoms with Gasteiger partial charge in [-0.3, -0.25) is 4.57 Å². The third-order valence-electron chi connectivity index (χ3n) is 13.1. The molecule has 0 N–H and O–H groups in total. The number of hydrogen-bond donors (Lipinski definition) is 0. The van der Waals surface area contributed by atoms with Crippen molar-refractivity contribution in [3.05, 3.63) is 176 Å². The summed E-state index contributed by atoms with van der Waals surface area (Å²) in [6.07, 6.45) is 0.